The van der Waals surface area contributed by atoms with E-state index in [-0.39, 0.29) is 11.9 Å². The predicted octanol–water partition coefficient (Wildman–Crippen LogP) is 5.80. The van der Waals surface area contributed by atoms with Crippen LogP contribution < -0.4 is 0 Å². The molecule has 0 aromatic carbocycles. The van der Waals surface area contributed by atoms with Crippen LogP contribution in [-0.2, 0) is 9.47 Å². The maximum Gasteiger partial charge on any atom is 0.169 e. The summed E-state index contributed by atoms with van der Waals surface area (Å²) in [5, 5.41) is 10.2. The zero-order valence-electron chi connectivity index (χ0n) is 19.0. The first-order chi connectivity index (χ1) is 13.4. The molecule has 0 bridgehead atoms. The van der Waals surface area contributed by atoms with Gasteiger partial charge >= 0.3 is 0 Å². The smallest absolute Gasteiger partial charge is 0.169 e. The molecular formula is C25H44O3. The Bertz CT molecular complexity index is 556. The molecule has 1 heterocycles. The van der Waals surface area contributed by atoms with Crippen LogP contribution in [0.15, 0.2) is 0 Å². The highest BCUT2D eigenvalue weighted by atomic mass is 16.7. The van der Waals surface area contributed by atoms with Crippen LogP contribution in [-0.4, -0.2) is 30.2 Å². The van der Waals surface area contributed by atoms with Crippen LogP contribution >= 0.6 is 0 Å². The van der Waals surface area contributed by atoms with Crippen LogP contribution in [0.25, 0.3) is 0 Å². The molecule has 0 aromatic rings. The van der Waals surface area contributed by atoms with Gasteiger partial charge in [0.25, 0.3) is 0 Å². The normalized spacial score (nSPS) is 52.1. The zero-order chi connectivity index (χ0) is 20.2. The van der Waals surface area contributed by atoms with E-state index in [0.29, 0.717) is 16.7 Å². The summed E-state index contributed by atoms with van der Waals surface area (Å²) in [5.74, 6) is 3.59. The first-order valence-electron chi connectivity index (χ1n) is 12.3. The molecular weight excluding hydrogens is 348 g/mol. The Balaban J connectivity index is 0.000000932. The van der Waals surface area contributed by atoms with Gasteiger partial charge in [-0.25, -0.2) is 0 Å². The van der Waals surface area contributed by atoms with E-state index < -0.39 is 0 Å². The molecule has 0 spiro atoms. The van der Waals surface area contributed by atoms with E-state index in [1.807, 2.05) is 13.8 Å². The van der Waals surface area contributed by atoms with Crippen molar-refractivity contribution in [3.63, 3.8) is 0 Å². The van der Waals surface area contributed by atoms with E-state index in [9.17, 15) is 5.11 Å². The standard InChI is InChI=1S/C23H38O3.C2H6/c1-21-10-8-16(24)14-15(21)4-5-17-18-6-7-20(23(3)25-12-13-26-23)22(18,2)11-9-19(17)21;1-2/h15-20,24H,4-14H2,1-3H3;1-2H3/t15-,16-,17?,18?,19?,20-,21-,22-;/m0./s1. The number of hydrogen-bond acceptors (Lipinski definition) is 3. The van der Waals surface area contributed by atoms with Gasteiger partial charge in [-0.2, -0.15) is 0 Å². The minimum atomic E-state index is -0.341. The number of hydrogen-bond donors (Lipinski definition) is 1. The minimum Gasteiger partial charge on any atom is -0.393 e. The van der Waals surface area contributed by atoms with E-state index in [0.717, 1.165) is 49.7 Å². The van der Waals surface area contributed by atoms with Gasteiger partial charge in [0.05, 0.1) is 19.3 Å². The van der Waals surface area contributed by atoms with Crippen molar-refractivity contribution in [1.82, 2.24) is 0 Å². The fourth-order valence-corrected chi connectivity index (χ4v) is 8.83. The molecule has 5 aliphatic rings. The van der Waals surface area contributed by atoms with Crippen LogP contribution in [0.4, 0.5) is 0 Å². The topological polar surface area (TPSA) is 38.7 Å². The van der Waals surface area contributed by atoms with Crippen LogP contribution in [0.2, 0.25) is 0 Å². The molecule has 3 nitrogen and oxygen atoms in total. The van der Waals surface area contributed by atoms with Gasteiger partial charge in [-0.3, -0.25) is 0 Å². The van der Waals surface area contributed by atoms with E-state index in [1.54, 1.807) is 0 Å². The number of aliphatic hydroxyl groups is 1. The van der Waals surface area contributed by atoms with Gasteiger partial charge in [0.2, 0.25) is 0 Å². The lowest BCUT2D eigenvalue weighted by Gasteiger charge is -2.61. The molecule has 4 aliphatic carbocycles. The van der Waals surface area contributed by atoms with E-state index in [1.165, 1.54) is 44.9 Å². The van der Waals surface area contributed by atoms with E-state index in [4.69, 9.17) is 9.47 Å². The Kier molecular flexibility index (Phi) is 5.69. The molecule has 5 rings (SSSR count). The number of fused-ring (bicyclic) bond motifs is 5. The van der Waals surface area contributed by atoms with Crippen LogP contribution in [0, 0.1) is 40.4 Å². The lowest BCUT2D eigenvalue weighted by Crippen LogP contribution is -2.55. The number of aliphatic hydroxyl groups excluding tert-OH is 1. The summed E-state index contributed by atoms with van der Waals surface area (Å²) in [6, 6.07) is 0. The van der Waals surface area contributed by atoms with E-state index >= 15 is 0 Å². The summed E-state index contributed by atoms with van der Waals surface area (Å²) < 4.78 is 12.3. The quantitative estimate of drug-likeness (QED) is 0.613. The van der Waals surface area contributed by atoms with Crippen LogP contribution in [0.1, 0.15) is 92.4 Å². The second kappa shape index (κ2) is 7.54. The average molecular weight is 393 g/mol. The number of rotatable bonds is 1. The number of ether oxygens (including phenoxy) is 2. The lowest BCUT2D eigenvalue weighted by molar-refractivity contribution is -0.218. The van der Waals surface area contributed by atoms with Crippen molar-refractivity contribution in [2.75, 3.05) is 13.2 Å². The summed E-state index contributed by atoms with van der Waals surface area (Å²) in [7, 11) is 0. The Morgan fingerprint density at radius 1 is 0.750 bits per heavy atom. The molecule has 4 saturated carbocycles. The molecule has 1 N–H and O–H groups in total. The third kappa shape index (κ3) is 3.02. The van der Waals surface area contributed by atoms with Crippen LogP contribution in [0.5, 0.6) is 0 Å². The predicted molar refractivity (Wildman–Crippen MR) is 113 cm³/mol. The first-order valence-corrected chi connectivity index (χ1v) is 12.3. The highest BCUT2D eigenvalue weighted by Crippen LogP contribution is 2.69. The molecule has 3 unspecified atom stereocenters. The summed E-state index contributed by atoms with van der Waals surface area (Å²) in [6.07, 6.45) is 11.4. The van der Waals surface area contributed by atoms with Gasteiger partial charge in [0.15, 0.2) is 5.79 Å². The zero-order valence-corrected chi connectivity index (χ0v) is 19.0. The summed E-state index contributed by atoms with van der Waals surface area (Å²) in [4.78, 5) is 0. The highest BCUT2D eigenvalue weighted by Gasteiger charge is 2.63. The fourth-order valence-electron chi connectivity index (χ4n) is 8.83. The Labute approximate surface area is 172 Å². The Hall–Kier alpha value is -0.120. The Morgan fingerprint density at radius 2 is 1.39 bits per heavy atom. The third-order valence-electron chi connectivity index (χ3n) is 10.1. The van der Waals surface area contributed by atoms with Crippen molar-refractivity contribution < 1.29 is 14.6 Å². The molecule has 3 heteroatoms. The molecule has 1 saturated heterocycles. The summed E-state index contributed by atoms with van der Waals surface area (Å²) >= 11 is 0. The van der Waals surface area contributed by atoms with Gasteiger partial charge in [-0.05, 0) is 99.2 Å². The van der Waals surface area contributed by atoms with Gasteiger partial charge < -0.3 is 14.6 Å². The molecule has 28 heavy (non-hydrogen) atoms. The van der Waals surface area contributed by atoms with Gasteiger partial charge in [-0.15, -0.1) is 0 Å². The van der Waals surface area contributed by atoms with Crippen molar-refractivity contribution in [3.8, 4) is 0 Å². The maximum atomic E-state index is 10.2. The maximum absolute atomic E-state index is 10.2. The second-order valence-electron chi connectivity index (χ2n) is 11.0. The summed E-state index contributed by atoms with van der Waals surface area (Å²) in [5.41, 5.74) is 0.865. The minimum absolute atomic E-state index is 0.0362. The van der Waals surface area contributed by atoms with Crippen molar-refractivity contribution in [2.24, 2.45) is 40.4 Å². The summed E-state index contributed by atoms with van der Waals surface area (Å²) in [6.45, 7) is 12.9. The highest BCUT2D eigenvalue weighted by molar-refractivity contribution is 5.11. The van der Waals surface area contributed by atoms with Crippen LogP contribution in [0.3, 0.4) is 0 Å². The molecule has 162 valence electrons. The van der Waals surface area contributed by atoms with Gasteiger partial charge in [0, 0.05) is 5.92 Å². The van der Waals surface area contributed by atoms with Crippen molar-refractivity contribution >= 4 is 0 Å². The van der Waals surface area contributed by atoms with Gasteiger partial charge in [-0.1, -0.05) is 27.7 Å². The third-order valence-corrected chi connectivity index (χ3v) is 10.1. The SMILES string of the molecule is CC.CC1([C@H]2CCC3C4CC[C@H]5C[C@@H](O)CC[C@]5(C)C4CC[C@@]32C)OCCO1. The van der Waals surface area contributed by atoms with E-state index in [2.05, 4.69) is 20.8 Å². The molecule has 0 amide bonds. The van der Waals surface area contributed by atoms with Crippen molar-refractivity contribution in [3.05, 3.63) is 0 Å². The van der Waals surface area contributed by atoms with Gasteiger partial charge in [0.1, 0.15) is 0 Å². The molecule has 1 aliphatic heterocycles. The molecule has 0 radical (unpaired) electrons. The molecule has 8 atom stereocenters. The van der Waals surface area contributed by atoms with Crippen molar-refractivity contribution in [1.29, 1.82) is 0 Å². The molecule has 5 fully saturated rings. The fraction of sp³-hybridized carbons (Fsp3) is 1.00. The monoisotopic (exact) mass is 392 g/mol. The lowest BCUT2D eigenvalue weighted by atomic mass is 9.44. The molecule has 0 aromatic heterocycles. The Morgan fingerprint density at radius 3 is 2.11 bits per heavy atom. The average Bonchev–Trinajstić information content (AvgIpc) is 3.28. The second-order valence-corrected chi connectivity index (χ2v) is 11.0. The largest absolute Gasteiger partial charge is 0.393 e. The van der Waals surface area contributed by atoms with Crippen molar-refractivity contribution in [2.45, 2.75) is 104 Å². The first kappa shape index (κ1) is 21.1.